The van der Waals surface area contributed by atoms with E-state index in [0.717, 1.165) is 11.6 Å². The molecule has 0 amide bonds. The SMILES string of the molecule is Cc1ccc([C@H]2C[C@H]3CCC([C@H]2c2nc4ccccc4s2)N3C)cc1. The smallest absolute Gasteiger partial charge is 0.0991 e. The fourth-order valence-electron chi connectivity index (χ4n) is 4.99. The minimum absolute atomic E-state index is 0.517. The maximum atomic E-state index is 5.07. The highest BCUT2D eigenvalue weighted by Crippen LogP contribution is 2.51. The molecule has 0 aliphatic carbocycles. The first-order chi connectivity index (χ1) is 12.2. The lowest BCUT2D eigenvalue weighted by atomic mass is 9.76. The number of aryl methyl sites for hydroxylation is 1. The number of fused-ring (bicyclic) bond motifs is 3. The maximum Gasteiger partial charge on any atom is 0.0991 e. The Labute approximate surface area is 153 Å². The van der Waals surface area contributed by atoms with E-state index in [1.807, 2.05) is 11.3 Å². The number of nitrogens with zero attached hydrogens (tertiary/aromatic N) is 2. The first-order valence-corrected chi connectivity index (χ1v) is 10.2. The summed E-state index contributed by atoms with van der Waals surface area (Å²) in [6, 6.07) is 19.2. The third kappa shape index (κ3) is 2.52. The Morgan fingerprint density at radius 3 is 2.64 bits per heavy atom. The van der Waals surface area contributed by atoms with Crippen molar-refractivity contribution < 1.29 is 0 Å². The van der Waals surface area contributed by atoms with Gasteiger partial charge in [-0.05, 0) is 56.8 Å². The van der Waals surface area contributed by atoms with Crippen molar-refractivity contribution >= 4 is 21.6 Å². The maximum absolute atomic E-state index is 5.07. The van der Waals surface area contributed by atoms with Gasteiger partial charge in [0.2, 0.25) is 0 Å². The van der Waals surface area contributed by atoms with E-state index in [9.17, 15) is 0 Å². The quantitative estimate of drug-likeness (QED) is 0.621. The molecular weight excluding hydrogens is 324 g/mol. The molecule has 1 unspecified atom stereocenters. The molecule has 0 saturated carbocycles. The fraction of sp³-hybridized carbons (Fsp3) is 0.409. The van der Waals surface area contributed by atoms with Crippen molar-refractivity contribution in [2.45, 2.75) is 50.1 Å². The third-order valence-corrected chi connectivity index (χ3v) is 7.51. The molecule has 3 heteroatoms. The molecule has 0 radical (unpaired) electrons. The van der Waals surface area contributed by atoms with Crippen LogP contribution in [-0.4, -0.2) is 29.0 Å². The van der Waals surface area contributed by atoms with Crippen LogP contribution in [0.3, 0.4) is 0 Å². The summed E-state index contributed by atoms with van der Waals surface area (Å²) in [4.78, 5) is 7.71. The predicted molar refractivity (Wildman–Crippen MR) is 105 cm³/mol. The number of para-hydroxylation sites is 1. The number of rotatable bonds is 2. The molecule has 2 aliphatic heterocycles. The van der Waals surface area contributed by atoms with Gasteiger partial charge in [-0.15, -0.1) is 11.3 Å². The summed E-state index contributed by atoms with van der Waals surface area (Å²) in [5.74, 6) is 1.11. The van der Waals surface area contributed by atoms with Crippen molar-refractivity contribution in [3.8, 4) is 0 Å². The van der Waals surface area contributed by atoms with Crippen molar-refractivity contribution in [3.63, 3.8) is 0 Å². The number of piperidine rings is 1. The molecule has 3 heterocycles. The summed E-state index contributed by atoms with van der Waals surface area (Å²) in [7, 11) is 2.33. The Morgan fingerprint density at radius 1 is 1.04 bits per heavy atom. The van der Waals surface area contributed by atoms with Gasteiger partial charge in [0.05, 0.1) is 15.2 Å². The van der Waals surface area contributed by atoms with Crippen LogP contribution >= 0.6 is 11.3 Å². The van der Waals surface area contributed by atoms with Gasteiger partial charge in [0, 0.05) is 18.0 Å². The highest BCUT2D eigenvalue weighted by Gasteiger charge is 2.47. The largest absolute Gasteiger partial charge is 0.300 e. The van der Waals surface area contributed by atoms with Crippen LogP contribution in [-0.2, 0) is 0 Å². The minimum atomic E-state index is 0.517. The highest BCUT2D eigenvalue weighted by molar-refractivity contribution is 7.18. The average molecular weight is 349 g/mol. The first kappa shape index (κ1) is 15.5. The van der Waals surface area contributed by atoms with Gasteiger partial charge in [0.25, 0.3) is 0 Å². The Morgan fingerprint density at radius 2 is 1.84 bits per heavy atom. The van der Waals surface area contributed by atoms with E-state index in [4.69, 9.17) is 4.98 Å². The number of benzene rings is 2. The van der Waals surface area contributed by atoms with E-state index in [1.165, 1.54) is 40.1 Å². The van der Waals surface area contributed by atoms with Gasteiger partial charge in [-0.1, -0.05) is 42.0 Å². The van der Waals surface area contributed by atoms with Crippen LogP contribution in [0.2, 0.25) is 0 Å². The molecule has 25 heavy (non-hydrogen) atoms. The number of likely N-dealkylation sites (N-methyl/N-ethyl adjacent to an activating group) is 1. The zero-order valence-electron chi connectivity index (χ0n) is 14.9. The molecule has 1 aromatic heterocycles. The second-order valence-corrected chi connectivity index (χ2v) is 8.82. The van der Waals surface area contributed by atoms with Crippen LogP contribution in [0.15, 0.2) is 48.5 Å². The lowest BCUT2D eigenvalue weighted by molar-refractivity contribution is 0.137. The lowest BCUT2D eigenvalue weighted by Gasteiger charge is -2.42. The summed E-state index contributed by atoms with van der Waals surface area (Å²) >= 11 is 1.91. The predicted octanol–water partition coefficient (Wildman–Crippen LogP) is 5.34. The van der Waals surface area contributed by atoms with E-state index in [1.54, 1.807) is 0 Å². The summed E-state index contributed by atoms with van der Waals surface area (Å²) in [5.41, 5.74) is 4.00. The van der Waals surface area contributed by atoms with Crippen LogP contribution in [0.1, 0.15) is 47.2 Å². The lowest BCUT2D eigenvalue weighted by Crippen LogP contribution is -2.44. The Balaban J connectivity index is 1.62. The number of aromatic nitrogens is 1. The molecule has 0 spiro atoms. The molecule has 0 N–H and O–H groups in total. The van der Waals surface area contributed by atoms with Crippen LogP contribution < -0.4 is 0 Å². The zero-order valence-corrected chi connectivity index (χ0v) is 15.7. The van der Waals surface area contributed by atoms with E-state index < -0.39 is 0 Å². The monoisotopic (exact) mass is 348 g/mol. The Hall–Kier alpha value is -1.71. The van der Waals surface area contributed by atoms with E-state index >= 15 is 0 Å². The summed E-state index contributed by atoms with van der Waals surface area (Å²) in [5, 5.41) is 1.34. The van der Waals surface area contributed by atoms with Crippen LogP contribution in [0.5, 0.6) is 0 Å². The van der Waals surface area contributed by atoms with Crippen molar-refractivity contribution in [3.05, 3.63) is 64.7 Å². The second kappa shape index (κ2) is 5.93. The summed E-state index contributed by atoms with van der Waals surface area (Å²) in [6.45, 7) is 2.17. The summed E-state index contributed by atoms with van der Waals surface area (Å²) < 4.78 is 1.32. The molecule has 2 fully saturated rings. The molecule has 4 atom stereocenters. The van der Waals surface area contributed by atoms with Gasteiger partial charge in [-0.25, -0.2) is 4.98 Å². The number of hydrogen-bond acceptors (Lipinski definition) is 3. The zero-order chi connectivity index (χ0) is 17.0. The van der Waals surface area contributed by atoms with Gasteiger partial charge < -0.3 is 0 Å². The van der Waals surface area contributed by atoms with E-state index in [0.29, 0.717) is 17.9 Å². The van der Waals surface area contributed by atoms with Crippen LogP contribution in [0.25, 0.3) is 10.2 Å². The molecule has 2 bridgehead atoms. The molecule has 2 aliphatic rings. The molecule has 3 aromatic rings. The van der Waals surface area contributed by atoms with Crippen LogP contribution in [0.4, 0.5) is 0 Å². The average Bonchev–Trinajstić information content (AvgIpc) is 3.14. The van der Waals surface area contributed by atoms with Gasteiger partial charge in [0.15, 0.2) is 0 Å². The standard InChI is InChI=1S/C22H24N2S/c1-14-7-9-15(10-8-14)17-13-16-11-12-19(24(16)2)21(17)22-23-18-5-3-4-6-20(18)25-22/h3-10,16-17,19,21H,11-13H2,1-2H3/t16-,17-,19?,21+/m1/s1. The fourth-order valence-corrected chi connectivity index (χ4v) is 6.18. The molecule has 128 valence electrons. The number of hydrogen-bond donors (Lipinski definition) is 0. The minimum Gasteiger partial charge on any atom is -0.300 e. The Bertz CT molecular complexity index is 865. The number of thiazole rings is 1. The summed E-state index contributed by atoms with van der Waals surface area (Å²) in [6.07, 6.45) is 3.91. The third-order valence-electron chi connectivity index (χ3n) is 6.37. The second-order valence-electron chi connectivity index (χ2n) is 7.76. The van der Waals surface area contributed by atoms with Gasteiger partial charge in [0.1, 0.15) is 0 Å². The molecular formula is C22H24N2S. The van der Waals surface area contributed by atoms with Crippen LogP contribution in [0, 0.1) is 6.92 Å². The van der Waals surface area contributed by atoms with Gasteiger partial charge in [-0.3, -0.25) is 4.90 Å². The van der Waals surface area contributed by atoms with E-state index in [-0.39, 0.29) is 0 Å². The van der Waals surface area contributed by atoms with E-state index in [2.05, 4.69) is 67.4 Å². The first-order valence-electron chi connectivity index (χ1n) is 9.34. The Kier molecular flexibility index (Phi) is 3.68. The molecule has 2 nitrogen and oxygen atoms in total. The topological polar surface area (TPSA) is 16.1 Å². The molecule has 2 saturated heterocycles. The normalized spacial score (nSPS) is 29.4. The van der Waals surface area contributed by atoms with Crippen molar-refractivity contribution in [1.82, 2.24) is 9.88 Å². The van der Waals surface area contributed by atoms with Gasteiger partial charge >= 0.3 is 0 Å². The van der Waals surface area contributed by atoms with Crippen molar-refractivity contribution in [1.29, 1.82) is 0 Å². The molecule has 5 rings (SSSR count). The van der Waals surface area contributed by atoms with Crippen molar-refractivity contribution in [2.75, 3.05) is 7.05 Å². The highest BCUT2D eigenvalue weighted by atomic mass is 32.1. The van der Waals surface area contributed by atoms with Crippen molar-refractivity contribution in [2.24, 2.45) is 0 Å². The van der Waals surface area contributed by atoms with Gasteiger partial charge in [-0.2, -0.15) is 0 Å². The molecule has 2 aromatic carbocycles.